The molecule has 1 rings (SSSR count). The van der Waals surface area contributed by atoms with Gasteiger partial charge in [-0.3, -0.25) is 0 Å². The number of nitrogens with one attached hydrogen (secondary N) is 1. The number of anilines is 1. The number of hydrogen-bond acceptors (Lipinski definition) is 2. The molecular formula is C12H15F4NS. The maximum atomic E-state index is 13.3. The Morgan fingerprint density at radius 3 is 2.61 bits per heavy atom. The summed E-state index contributed by atoms with van der Waals surface area (Å²) in [6.45, 7) is 2.50. The zero-order valence-electron chi connectivity index (χ0n) is 9.98. The summed E-state index contributed by atoms with van der Waals surface area (Å²) in [6.07, 6.45) is -3.66. The normalized spacial score (nSPS) is 11.6. The van der Waals surface area contributed by atoms with E-state index in [1.54, 1.807) is 11.8 Å². The van der Waals surface area contributed by atoms with Crippen LogP contribution in [0.3, 0.4) is 0 Å². The largest absolute Gasteiger partial charge is 0.416 e. The molecule has 0 aliphatic rings. The van der Waals surface area contributed by atoms with Gasteiger partial charge in [0.2, 0.25) is 0 Å². The molecular weight excluding hydrogens is 266 g/mol. The number of alkyl halides is 3. The maximum Gasteiger partial charge on any atom is 0.416 e. The molecule has 0 saturated heterocycles. The SMILES string of the molecule is CCSCCCNc1cc(C(F)(F)F)ccc1F. The molecule has 102 valence electrons. The Kier molecular flexibility index (Phi) is 5.78. The van der Waals surface area contributed by atoms with E-state index in [0.717, 1.165) is 36.1 Å². The fourth-order valence-electron chi connectivity index (χ4n) is 1.38. The molecule has 0 bridgehead atoms. The third kappa shape index (κ3) is 4.76. The average Bonchev–Trinajstić information content (AvgIpc) is 2.29. The van der Waals surface area contributed by atoms with E-state index in [1.807, 2.05) is 6.92 Å². The van der Waals surface area contributed by atoms with Crippen molar-refractivity contribution in [3.63, 3.8) is 0 Å². The summed E-state index contributed by atoms with van der Waals surface area (Å²) in [7, 11) is 0. The molecule has 0 radical (unpaired) electrons. The monoisotopic (exact) mass is 281 g/mol. The van der Waals surface area contributed by atoms with Gasteiger partial charge in [-0.15, -0.1) is 0 Å². The molecule has 1 N–H and O–H groups in total. The lowest BCUT2D eigenvalue weighted by Gasteiger charge is -2.11. The highest BCUT2D eigenvalue weighted by Gasteiger charge is 2.31. The molecule has 6 heteroatoms. The zero-order chi connectivity index (χ0) is 13.6. The number of halogens is 4. The van der Waals surface area contributed by atoms with Gasteiger partial charge in [0, 0.05) is 6.54 Å². The Bertz CT molecular complexity index is 379. The van der Waals surface area contributed by atoms with Gasteiger partial charge in [0.1, 0.15) is 5.82 Å². The zero-order valence-corrected chi connectivity index (χ0v) is 10.8. The third-order valence-corrected chi connectivity index (χ3v) is 3.26. The van der Waals surface area contributed by atoms with E-state index in [9.17, 15) is 17.6 Å². The van der Waals surface area contributed by atoms with Crippen molar-refractivity contribution in [3.8, 4) is 0 Å². The highest BCUT2D eigenvalue weighted by molar-refractivity contribution is 7.99. The van der Waals surface area contributed by atoms with Crippen LogP contribution in [-0.2, 0) is 6.18 Å². The molecule has 0 amide bonds. The Hall–Kier alpha value is -0.910. The quantitative estimate of drug-likeness (QED) is 0.612. The number of benzene rings is 1. The predicted octanol–water partition coefficient (Wildman–Crippen LogP) is 4.40. The van der Waals surface area contributed by atoms with E-state index >= 15 is 0 Å². The smallest absolute Gasteiger partial charge is 0.383 e. The van der Waals surface area contributed by atoms with Crippen LogP contribution in [0.4, 0.5) is 23.2 Å². The summed E-state index contributed by atoms with van der Waals surface area (Å²) >= 11 is 1.74. The van der Waals surface area contributed by atoms with E-state index in [-0.39, 0.29) is 5.69 Å². The molecule has 18 heavy (non-hydrogen) atoms. The van der Waals surface area contributed by atoms with Crippen molar-refractivity contribution in [1.29, 1.82) is 0 Å². The van der Waals surface area contributed by atoms with Crippen molar-refractivity contribution in [3.05, 3.63) is 29.6 Å². The highest BCUT2D eigenvalue weighted by atomic mass is 32.2. The minimum atomic E-state index is -4.44. The Morgan fingerprint density at radius 2 is 2.00 bits per heavy atom. The van der Waals surface area contributed by atoms with Gasteiger partial charge in [-0.05, 0) is 36.1 Å². The van der Waals surface area contributed by atoms with Crippen LogP contribution in [0.5, 0.6) is 0 Å². The molecule has 0 aliphatic carbocycles. The van der Waals surface area contributed by atoms with Crippen LogP contribution in [0.15, 0.2) is 18.2 Å². The van der Waals surface area contributed by atoms with Gasteiger partial charge in [0.05, 0.1) is 11.3 Å². The van der Waals surface area contributed by atoms with Crippen LogP contribution in [0, 0.1) is 5.82 Å². The Morgan fingerprint density at radius 1 is 1.28 bits per heavy atom. The summed E-state index contributed by atoms with van der Waals surface area (Å²) in [5, 5.41) is 2.70. The van der Waals surface area contributed by atoms with E-state index in [0.29, 0.717) is 6.54 Å². The summed E-state index contributed by atoms with van der Waals surface area (Å²) in [4.78, 5) is 0. The van der Waals surface area contributed by atoms with Crippen molar-refractivity contribution in [2.75, 3.05) is 23.4 Å². The van der Waals surface area contributed by atoms with E-state index in [1.165, 1.54) is 0 Å². The van der Waals surface area contributed by atoms with Crippen molar-refractivity contribution in [1.82, 2.24) is 0 Å². The number of rotatable bonds is 6. The minimum absolute atomic E-state index is 0.0914. The lowest BCUT2D eigenvalue weighted by atomic mass is 10.2. The summed E-state index contributed by atoms with van der Waals surface area (Å²) in [6, 6.07) is 2.39. The average molecular weight is 281 g/mol. The Balaban J connectivity index is 2.59. The number of thioether (sulfide) groups is 1. The van der Waals surface area contributed by atoms with Crippen LogP contribution in [0.1, 0.15) is 18.9 Å². The van der Waals surface area contributed by atoms with E-state index in [4.69, 9.17) is 0 Å². The predicted molar refractivity (Wildman–Crippen MR) is 67.5 cm³/mol. The standard InChI is InChI=1S/C12H15F4NS/c1-2-18-7-3-6-17-11-8-9(12(14,15)16)4-5-10(11)13/h4-5,8,17H,2-3,6-7H2,1H3. The summed E-state index contributed by atoms with van der Waals surface area (Å²) in [5.74, 6) is 1.24. The van der Waals surface area contributed by atoms with Gasteiger partial charge in [-0.2, -0.15) is 24.9 Å². The van der Waals surface area contributed by atoms with Crippen molar-refractivity contribution >= 4 is 17.4 Å². The molecule has 0 unspecified atom stereocenters. The maximum absolute atomic E-state index is 13.3. The summed E-state index contributed by atoms with van der Waals surface area (Å²) < 4.78 is 50.6. The van der Waals surface area contributed by atoms with Crippen LogP contribution >= 0.6 is 11.8 Å². The number of hydrogen-bond donors (Lipinski definition) is 1. The second-order valence-electron chi connectivity index (χ2n) is 3.67. The van der Waals surface area contributed by atoms with Crippen LogP contribution in [-0.4, -0.2) is 18.1 Å². The first-order chi connectivity index (χ1) is 8.45. The third-order valence-electron chi connectivity index (χ3n) is 2.28. The molecule has 0 spiro atoms. The van der Waals surface area contributed by atoms with Crippen molar-refractivity contribution in [2.24, 2.45) is 0 Å². The van der Waals surface area contributed by atoms with Gasteiger partial charge >= 0.3 is 6.18 Å². The van der Waals surface area contributed by atoms with Crippen LogP contribution in [0.25, 0.3) is 0 Å². The molecule has 0 atom stereocenters. The lowest BCUT2D eigenvalue weighted by Crippen LogP contribution is -2.09. The first kappa shape index (κ1) is 15.1. The molecule has 1 aromatic rings. The molecule has 1 aromatic carbocycles. The highest BCUT2D eigenvalue weighted by Crippen LogP contribution is 2.31. The van der Waals surface area contributed by atoms with Gasteiger partial charge in [0.25, 0.3) is 0 Å². The summed E-state index contributed by atoms with van der Waals surface area (Å²) in [5.41, 5.74) is -0.930. The molecule has 1 nitrogen and oxygen atoms in total. The molecule has 0 aromatic heterocycles. The van der Waals surface area contributed by atoms with Gasteiger partial charge in [0.15, 0.2) is 0 Å². The second kappa shape index (κ2) is 6.87. The fraction of sp³-hybridized carbons (Fsp3) is 0.500. The second-order valence-corrected chi connectivity index (χ2v) is 5.06. The van der Waals surface area contributed by atoms with Crippen LogP contribution in [0.2, 0.25) is 0 Å². The topological polar surface area (TPSA) is 12.0 Å². The first-order valence-corrected chi connectivity index (χ1v) is 6.79. The molecule has 0 saturated carbocycles. The van der Waals surface area contributed by atoms with Gasteiger partial charge in [-0.1, -0.05) is 6.92 Å². The minimum Gasteiger partial charge on any atom is -0.383 e. The first-order valence-electron chi connectivity index (χ1n) is 5.63. The molecule has 0 fully saturated rings. The van der Waals surface area contributed by atoms with Gasteiger partial charge in [-0.25, -0.2) is 4.39 Å². The molecule has 0 heterocycles. The van der Waals surface area contributed by atoms with Crippen molar-refractivity contribution in [2.45, 2.75) is 19.5 Å². The van der Waals surface area contributed by atoms with Gasteiger partial charge < -0.3 is 5.32 Å². The Labute approximate surface area is 108 Å². The lowest BCUT2D eigenvalue weighted by molar-refractivity contribution is -0.137. The van der Waals surface area contributed by atoms with Crippen molar-refractivity contribution < 1.29 is 17.6 Å². The molecule has 0 aliphatic heterocycles. The van der Waals surface area contributed by atoms with Crippen LogP contribution < -0.4 is 5.32 Å². The fourth-order valence-corrected chi connectivity index (χ4v) is 2.02. The van der Waals surface area contributed by atoms with E-state index < -0.39 is 17.6 Å². The van der Waals surface area contributed by atoms with E-state index in [2.05, 4.69) is 5.32 Å².